The van der Waals surface area contributed by atoms with Gasteiger partial charge in [0.25, 0.3) is 0 Å². The minimum atomic E-state index is -4.29. The molecule has 0 aromatic carbocycles. The highest BCUT2D eigenvalue weighted by molar-refractivity contribution is 7.47. The molecule has 0 radical (unpaired) electrons. The van der Waals surface area contributed by atoms with E-state index in [1.807, 2.05) is 6.92 Å². The van der Waals surface area contributed by atoms with Crippen molar-refractivity contribution >= 4 is 7.82 Å². The first kappa shape index (κ1) is 27.0. The number of hydrogen-bond donors (Lipinski definition) is 1. The van der Waals surface area contributed by atoms with Crippen molar-refractivity contribution in [3.05, 3.63) is 0 Å². The first-order chi connectivity index (χ1) is 13.0. The van der Waals surface area contributed by atoms with Crippen LogP contribution in [0.2, 0.25) is 0 Å². The molecule has 2 unspecified atom stereocenters. The van der Waals surface area contributed by atoms with Crippen molar-refractivity contribution in [3.8, 4) is 0 Å². The largest absolute Gasteiger partial charge is 0.526 e. The van der Waals surface area contributed by atoms with Crippen LogP contribution in [-0.4, -0.2) is 17.6 Å². The zero-order chi connectivity index (χ0) is 20.2. The molecule has 0 spiro atoms. The molecule has 0 amide bonds. The van der Waals surface area contributed by atoms with E-state index < -0.39 is 7.82 Å². The number of unbranched alkanes of at least 4 members (excludes halogenated alkanes) is 13. The lowest BCUT2D eigenvalue weighted by atomic mass is 10.0. The van der Waals surface area contributed by atoms with Crippen molar-refractivity contribution < 1.29 is 28.6 Å². The summed E-state index contributed by atoms with van der Waals surface area (Å²) >= 11 is 0. The van der Waals surface area contributed by atoms with E-state index in [9.17, 15) is 9.46 Å². The third-order valence-corrected chi connectivity index (χ3v) is 5.17. The van der Waals surface area contributed by atoms with Gasteiger partial charge in [0.2, 0.25) is 0 Å². The molecule has 0 aliphatic carbocycles. The molecule has 0 aliphatic rings. The molecule has 1 N–H and O–H groups in total. The Hall–Kier alpha value is 0.0300. The van der Waals surface area contributed by atoms with E-state index in [1.165, 1.54) is 70.6 Å². The normalized spacial score (nSPS) is 15.0. The zero-order valence-electron chi connectivity index (χ0n) is 17.8. The maximum absolute atomic E-state index is 11.4. The lowest BCUT2D eigenvalue weighted by molar-refractivity contribution is -0.295. The fraction of sp³-hybridized carbons (Fsp3) is 1.00. The predicted molar refractivity (Wildman–Crippen MR) is 109 cm³/mol. The van der Waals surface area contributed by atoms with Gasteiger partial charge in [-0.3, -0.25) is 4.89 Å². The van der Waals surface area contributed by atoms with Crippen LogP contribution in [0.15, 0.2) is 0 Å². The smallest absolute Gasteiger partial charge is 0.299 e. The van der Waals surface area contributed by atoms with E-state index in [0.717, 1.165) is 19.3 Å². The summed E-state index contributed by atoms with van der Waals surface area (Å²) in [5.41, 5.74) is 0. The Labute approximate surface area is 166 Å². The van der Waals surface area contributed by atoms with Crippen LogP contribution in [0.4, 0.5) is 0 Å². The van der Waals surface area contributed by atoms with Crippen molar-refractivity contribution in [1.29, 1.82) is 0 Å². The van der Waals surface area contributed by atoms with Gasteiger partial charge in [-0.25, -0.2) is 14.3 Å². The minimum Gasteiger partial charge on any atom is -0.299 e. The molecule has 0 aliphatic heterocycles. The van der Waals surface area contributed by atoms with Crippen LogP contribution < -0.4 is 0 Å². The molecule has 7 heteroatoms. The Morgan fingerprint density at radius 2 is 1.19 bits per heavy atom. The van der Waals surface area contributed by atoms with Gasteiger partial charge in [-0.15, -0.1) is 9.35 Å². The van der Waals surface area contributed by atoms with Crippen molar-refractivity contribution in [3.63, 3.8) is 0 Å². The number of phosphoric acid groups is 1. The van der Waals surface area contributed by atoms with Crippen LogP contribution in [0.5, 0.6) is 0 Å². The van der Waals surface area contributed by atoms with Gasteiger partial charge >= 0.3 is 7.82 Å². The summed E-state index contributed by atoms with van der Waals surface area (Å²) in [5, 5.41) is 0. The molecule has 0 aromatic rings. The number of hydrogen-bond acceptors (Lipinski definition) is 5. The molecule has 0 fully saturated rings. The summed E-state index contributed by atoms with van der Waals surface area (Å²) in [4.78, 5) is 18.8. The summed E-state index contributed by atoms with van der Waals surface area (Å²) < 4.78 is 20.2. The van der Waals surface area contributed by atoms with Gasteiger partial charge < -0.3 is 0 Å². The highest BCUT2D eigenvalue weighted by Crippen LogP contribution is 2.44. The van der Waals surface area contributed by atoms with E-state index in [4.69, 9.17) is 9.78 Å². The molecule has 27 heavy (non-hydrogen) atoms. The van der Waals surface area contributed by atoms with Crippen molar-refractivity contribution in [1.82, 2.24) is 0 Å². The maximum Gasteiger partial charge on any atom is 0.526 e. The predicted octanol–water partition coefficient (Wildman–Crippen LogP) is 7.26. The average Bonchev–Trinajstić information content (AvgIpc) is 2.65. The third kappa shape index (κ3) is 20.6. The second-order valence-corrected chi connectivity index (χ2v) is 8.59. The van der Waals surface area contributed by atoms with Crippen molar-refractivity contribution in [2.75, 3.05) is 6.61 Å². The SMILES string of the molecule is CCCCCCCCCCCCCCCCOOP(=O)(O)OOC(C)CC. The van der Waals surface area contributed by atoms with Crippen molar-refractivity contribution in [2.45, 2.75) is 123 Å². The quantitative estimate of drug-likeness (QED) is 0.0928. The summed E-state index contributed by atoms with van der Waals surface area (Å²) in [6, 6.07) is 0. The zero-order valence-corrected chi connectivity index (χ0v) is 18.7. The topological polar surface area (TPSA) is 74.2 Å². The van der Waals surface area contributed by atoms with Crippen LogP contribution >= 0.6 is 7.82 Å². The third-order valence-electron chi connectivity index (χ3n) is 4.60. The van der Waals surface area contributed by atoms with Crippen LogP contribution in [0.3, 0.4) is 0 Å². The van der Waals surface area contributed by atoms with E-state index >= 15 is 0 Å². The standard InChI is InChI=1S/C20H43O6P/c1-4-6-7-8-9-10-11-12-13-14-15-16-17-18-19-23-25-27(21,22)26-24-20(3)5-2/h20H,4-19H2,1-3H3,(H,21,22). The second kappa shape index (κ2) is 19.4. The van der Waals surface area contributed by atoms with E-state index in [-0.39, 0.29) is 12.7 Å². The highest BCUT2D eigenvalue weighted by Gasteiger charge is 2.25. The maximum atomic E-state index is 11.4. The molecule has 0 heterocycles. The Morgan fingerprint density at radius 3 is 1.63 bits per heavy atom. The van der Waals surface area contributed by atoms with Gasteiger partial charge in [0.1, 0.15) is 0 Å². The molecule has 6 nitrogen and oxygen atoms in total. The molecule has 0 saturated carbocycles. The highest BCUT2D eigenvalue weighted by atomic mass is 31.2. The van der Waals surface area contributed by atoms with E-state index in [0.29, 0.717) is 6.42 Å². The fourth-order valence-corrected chi connectivity index (χ4v) is 3.16. The molecule has 0 aromatic heterocycles. The lowest BCUT2D eigenvalue weighted by Crippen LogP contribution is -2.07. The molecule has 0 bridgehead atoms. The first-order valence-electron chi connectivity index (χ1n) is 11.0. The Kier molecular flexibility index (Phi) is 19.4. The lowest BCUT2D eigenvalue weighted by Gasteiger charge is -2.12. The van der Waals surface area contributed by atoms with Gasteiger partial charge in [-0.2, -0.15) is 0 Å². The summed E-state index contributed by atoms with van der Waals surface area (Å²) in [6.45, 7) is 6.14. The number of rotatable bonds is 21. The molecule has 164 valence electrons. The Balaban J connectivity index is 3.25. The summed E-state index contributed by atoms with van der Waals surface area (Å²) in [7, 11) is -4.29. The fourth-order valence-electron chi connectivity index (χ4n) is 2.67. The molecular formula is C20H43O6P. The van der Waals surface area contributed by atoms with Gasteiger partial charge in [0, 0.05) is 0 Å². The monoisotopic (exact) mass is 410 g/mol. The van der Waals surface area contributed by atoms with Gasteiger partial charge in [-0.05, 0) is 19.8 Å². The summed E-state index contributed by atoms with van der Waals surface area (Å²) in [5.74, 6) is 0. The van der Waals surface area contributed by atoms with Crippen LogP contribution in [0.1, 0.15) is 117 Å². The van der Waals surface area contributed by atoms with Gasteiger partial charge in [0.15, 0.2) is 0 Å². The summed E-state index contributed by atoms with van der Waals surface area (Å²) in [6.07, 6.45) is 18.3. The molecular weight excluding hydrogens is 367 g/mol. The van der Waals surface area contributed by atoms with Crippen molar-refractivity contribution in [2.24, 2.45) is 0 Å². The van der Waals surface area contributed by atoms with Gasteiger partial charge in [-0.1, -0.05) is 97.3 Å². The average molecular weight is 411 g/mol. The van der Waals surface area contributed by atoms with Gasteiger partial charge in [0.05, 0.1) is 12.7 Å². The first-order valence-corrected chi connectivity index (χ1v) is 12.5. The van der Waals surface area contributed by atoms with E-state index in [1.54, 1.807) is 6.92 Å². The molecule has 0 saturated heterocycles. The van der Waals surface area contributed by atoms with Crippen LogP contribution in [0, 0.1) is 0 Å². The Morgan fingerprint density at radius 1 is 0.741 bits per heavy atom. The second-order valence-electron chi connectivity index (χ2n) is 7.35. The van der Waals surface area contributed by atoms with Crippen LogP contribution in [-0.2, 0) is 23.7 Å². The van der Waals surface area contributed by atoms with E-state index in [2.05, 4.69) is 16.3 Å². The Bertz CT molecular complexity index is 353. The molecule has 0 rings (SSSR count). The molecule has 2 atom stereocenters. The van der Waals surface area contributed by atoms with Crippen LogP contribution in [0.25, 0.3) is 0 Å². The minimum absolute atomic E-state index is 0.273.